The number of thiophene rings is 1. The van der Waals surface area contributed by atoms with E-state index in [9.17, 15) is 14.7 Å². The Kier molecular flexibility index (Phi) is 3.74. The van der Waals surface area contributed by atoms with E-state index in [-0.39, 0.29) is 5.56 Å². The van der Waals surface area contributed by atoms with Crippen molar-refractivity contribution in [1.82, 2.24) is 9.88 Å². The fourth-order valence-corrected chi connectivity index (χ4v) is 5.21. The Labute approximate surface area is 160 Å². The Bertz CT molecular complexity index is 1140. The summed E-state index contributed by atoms with van der Waals surface area (Å²) >= 11 is 1.80. The lowest BCUT2D eigenvalue weighted by Crippen LogP contribution is -2.24. The van der Waals surface area contributed by atoms with Crippen LogP contribution in [0.25, 0.3) is 21.3 Å². The third kappa shape index (κ3) is 2.71. The van der Waals surface area contributed by atoms with E-state index in [1.807, 2.05) is 10.6 Å². The number of hydrogen-bond acceptors (Lipinski definition) is 4. The van der Waals surface area contributed by atoms with Crippen molar-refractivity contribution in [1.29, 1.82) is 0 Å². The predicted molar refractivity (Wildman–Crippen MR) is 107 cm³/mol. The second-order valence-electron chi connectivity index (χ2n) is 7.57. The molecule has 1 atom stereocenters. The molecule has 5 rings (SSSR count). The number of pyridine rings is 1. The third-order valence-electron chi connectivity index (χ3n) is 5.60. The lowest BCUT2D eigenvalue weighted by molar-refractivity contribution is 0.0695. The van der Waals surface area contributed by atoms with Gasteiger partial charge in [-0.3, -0.25) is 4.79 Å². The normalized spacial score (nSPS) is 19.2. The minimum absolute atomic E-state index is 0.145. The fourth-order valence-electron chi connectivity index (χ4n) is 3.96. The zero-order valence-electron chi connectivity index (χ0n) is 15.0. The highest BCUT2D eigenvalue weighted by atomic mass is 32.1. The van der Waals surface area contributed by atoms with E-state index in [4.69, 9.17) is 0 Å². The van der Waals surface area contributed by atoms with Crippen molar-refractivity contribution in [2.45, 2.75) is 38.3 Å². The van der Waals surface area contributed by atoms with Crippen LogP contribution >= 0.6 is 11.3 Å². The van der Waals surface area contributed by atoms with Crippen molar-refractivity contribution in [3.8, 4) is 10.4 Å². The van der Waals surface area contributed by atoms with Crippen LogP contribution in [0.4, 0.5) is 0 Å². The zero-order valence-corrected chi connectivity index (χ0v) is 15.8. The van der Waals surface area contributed by atoms with Gasteiger partial charge in [-0.1, -0.05) is 13.0 Å². The van der Waals surface area contributed by atoms with Crippen molar-refractivity contribution in [2.75, 3.05) is 6.54 Å². The van der Waals surface area contributed by atoms with Gasteiger partial charge in [0.15, 0.2) is 0 Å². The van der Waals surface area contributed by atoms with Crippen LogP contribution in [0.2, 0.25) is 0 Å². The van der Waals surface area contributed by atoms with Crippen LogP contribution in [0.5, 0.6) is 0 Å². The van der Waals surface area contributed by atoms with Crippen molar-refractivity contribution in [3.05, 3.63) is 56.7 Å². The van der Waals surface area contributed by atoms with E-state index >= 15 is 0 Å². The summed E-state index contributed by atoms with van der Waals surface area (Å²) < 4.78 is 1.99. The third-order valence-corrected chi connectivity index (χ3v) is 6.80. The standard InChI is InChI=1S/C21H20N2O3S/c1-11-8-22-9-19-15(11)7-18(27-19)12-2-5-14-17(6-12)23(13-3-4-13)10-16(20(14)24)21(25)26/h2,5-7,10-11,13,22H,3-4,8-9H2,1H3,(H,25,26). The first-order valence-corrected chi connectivity index (χ1v) is 10.1. The Morgan fingerprint density at radius 1 is 1.30 bits per heavy atom. The molecule has 1 fully saturated rings. The first kappa shape index (κ1) is 16.7. The number of carboxylic acids is 1. The number of rotatable bonds is 3. The number of nitrogens with zero attached hydrogens (tertiary/aromatic N) is 1. The van der Waals surface area contributed by atoms with Crippen molar-refractivity contribution in [3.63, 3.8) is 0 Å². The summed E-state index contributed by atoms with van der Waals surface area (Å²) in [5.74, 6) is -0.658. The molecule has 0 amide bonds. The van der Waals surface area contributed by atoms with E-state index in [1.165, 1.54) is 21.5 Å². The molecular formula is C21H20N2O3S. The van der Waals surface area contributed by atoms with E-state index in [0.717, 1.165) is 37.0 Å². The molecule has 3 heterocycles. The number of aromatic carboxylic acids is 1. The topological polar surface area (TPSA) is 71.3 Å². The van der Waals surface area contributed by atoms with Crippen molar-refractivity contribution in [2.24, 2.45) is 0 Å². The highest BCUT2D eigenvalue weighted by Gasteiger charge is 2.27. The molecule has 1 saturated carbocycles. The van der Waals surface area contributed by atoms with Crippen LogP contribution in [-0.4, -0.2) is 22.2 Å². The van der Waals surface area contributed by atoms with Gasteiger partial charge in [0.2, 0.25) is 5.43 Å². The molecule has 1 aliphatic heterocycles. The molecule has 138 valence electrons. The van der Waals surface area contributed by atoms with Gasteiger partial charge in [0.1, 0.15) is 5.56 Å². The molecule has 1 aliphatic carbocycles. The predicted octanol–water partition coefficient (Wildman–Crippen LogP) is 3.97. The summed E-state index contributed by atoms with van der Waals surface area (Å²) in [4.78, 5) is 26.7. The second-order valence-corrected chi connectivity index (χ2v) is 8.71. The Morgan fingerprint density at radius 3 is 2.81 bits per heavy atom. The maximum atomic E-state index is 12.6. The fraction of sp³-hybridized carbons (Fsp3) is 0.333. The van der Waals surface area contributed by atoms with Gasteiger partial charge < -0.3 is 15.0 Å². The van der Waals surface area contributed by atoms with Gasteiger partial charge >= 0.3 is 5.97 Å². The molecule has 2 aliphatic rings. The van der Waals surface area contributed by atoms with Crippen LogP contribution in [0.3, 0.4) is 0 Å². The van der Waals surface area contributed by atoms with Crippen molar-refractivity contribution >= 4 is 28.2 Å². The molecule has 2 N–H and O–H groups in total. The highest BCUT2D eigenvalue weighted by Crippen LogP contribution is 2.40. The van der Waals surface area contributed by atoms with Crippen LogP contribution in [-0.2, 0) is 6.54 Å². The van der Waals surface area contributed by atoms with Crippen molar-refractivity contribution < 1.29 is 9.90 Å². The molecule has 0 saturated heterocycles. The number of benzene rings is 1. The van der Waals surface area contributed by atoms with Gasteiger partial charge in [-0.15, -0.1) is 11.3 Å². The molecule has 6 heteroatoms. The minimum Gasteiger partial charge on any atom is -0.477 e. The molecule has 1 unspecified atom stereocenters. The summed E-state index contributed by atoms with van der Waals surface area (Å²) in [6.45, 7) is 4.15. The molecule has 0 bridgehead atoms. The van der Waals surface area contributed by atoms with Gasteiger partial charge in [-0.05, 0) is 48.1 Å². The summed E-state index contributed by atoms with van der Waals surface area (Å²) in [5.41, 5.74) is 2.79. The molecule has 3 aromatic rings. The average Bonchev–Trinajstić information content (AvgIpc) is 3.39. The average molecular weight is 380 g/mol. The molecule has 0 radical (unpaired) electrons. The Hall–Kier alpha value is -2.44. The maximum Gasteiger partial charge on any atom is 0.341 e. The van der Waals surface area contributed by atoms with Gasteiger partial charge in [-0.2, -0.15) is 0 Å². The molecule has 27 heavy (non-hydrogen) atoms. The number of hydrogen-bond donors (Lipinski definition) is 2. The van der Waals surface area contributed by atoms with E-state index in [0.29, 0.717) is 17.3 Å². The summed E-state index contributed by atoms with van der Waals surface area (Å²) in [6, 6.07) is 8.36. The lowest BCUT2D eigenvalue weighted by Gasteiger charge is -2.19. The van der Waals surface area contributed by atoms with Gasteiger partial charge in [0.25, 0.3) is 0 Å². The quantitative estimate of drug-likeness (QED) is 0.721. The molecule has 0 spiro atoms. The Morgan fingerprint density at radius 2 is 2.11 bits per heavy atom. The summed E-state index contributed by atoms with van der Waals surface area (Å²) in [7, 11) is 0. The minimum atomic E-state index is -1.16. The number of aromatic nitrogens is 1. The molecule has 5 nitrogen and oxygen atoms in total. The van der Waals surface area contributed by atoms with Crippen LogP contribution in [0, 0.1) is 0 Å². The smallest absolute Gasteiger partial charge is 0.341 e. The number of nitrogens with one attached hydrogen (secondary N) is 1. The first-order chi connectivity index (χ1) is 13.0. The van der Waals surface area contributed by atoms with E-state index in [2.05, 4.69) is 24.4 Å². The largest absolute Gasteiger partial charge is 0.477 e. The van der Waals surface area contributed by atoms with Gasteiger partial charge in [0.05, 0.1) is 5.52 Å². The molecular weight excluding hydrogens is 360 g/mol. The maximum absolute atomic E-state index is 12.6. The lowest BCUT2D eigenvalue weighted by atomic mass is 9.97. The van der Waals surface area contributed by atoms with Crippen LogP contribution in [0.1, 0.15) is 52.5 Å². The number of carbonyl (C=O) groups is 1. The van der Waals surface area contributed by atoms with Gasteiger partial charge in [-0.25, -0.2) is 4.79 Å². The Balaban J connectivity index is 1.70. The number of carboxylic acid groups (broad SMARTS) is 1. The SMILES string of the molecule is CC1CNCc2sc(-c3ccc4c(=O)c(C(=O)O)cn(C5CC5)c4c3)cc21. The second kappa shape index (κ2) is 6.04. The van der Waals surface area contributed by atoms with E-state index < -0.39 is 11.4 Å². The first-order valence-electron chi connectivity index (χ1n) is 9.29. The molecule has 2 aromatic heterocycles. The van der Waals surface area contributed by atoms with E-state index in [1.54, 1.807) is 17.4 Å². The highest BCUT2D eigenvalue weighted by molar-refractivity contribution is 7.15. The molecule has 1 aromatic carbocycles. The summed E-state index contributed by atoms with van der Waals surface area (Å²) in [5, 5.41) is 13.3. The zero-order chi connectivity index (χ0) is 18.7. The summed E-state index contributed by atoms with van der Waals surface area (Å²) in [6.07, 6.45) is 3.58. The number of fused-ring (bicyclic) bond motifs is 2. The van der Waals surface area contributed by atoms with Crippen LogP contribution < -0.4 is 10.7 Å². The van der Waals surface area contributed by atoms with Crippen LogP contribution in [0.15, 0.2) is 35.3 Å². The monoisotopic (exact) mass is 380 g/mol. The van der Waals surface area contributed by atoms with Gasteiger partial charge in [0, 0.05) is 40.5 Å².